The lowest BCUT2D eigenvalue weighted by Crippen LogP contribution is -2.12. The van der Waals surface area contributed by atoms with E-state index in [1.165, 1.54) is 0 Å². The van der Waals surface area contributed by atoms with Gasteiger partial charge in [0.1, 0.15) is 0 Å². The molecule has 0 spiro atoms. The fraction of sp³-hybridized carbons (Fsp3) is 0.263. The number of hydrogen-bond acceptors (Lipinski definition) is 4. The molecule has 0 bridgehead atoms. The summed E-state index contributed by atoms with van der Waals surface area (Å²) in [5, 5.41) is 3.10. The maximum Gasteiger partial charge on any atom is 0.323 e. The van der Waals surface area contributed by atoms with Crippen molar-refractivity contribution in [2.24, 2.45) is 0 Å². The summed E-state index contributed by atoms with van der Waals surface area (Å²) in [6.07, 6.45) is 0.827. The van der Waals surface area contributed by atoms with E-state index in [9.17, 15) is 9.59 Å². The second-order valence-corrected chi connectivity index (χ2v) is 6.27. The van der Waals surface area contributed by atoms with Crippen LogP contribution in [0.2, 0.25) is 5.02 Å². The molecular formula is C19H20ClN3O4. The first-order chi connectivity index (χ1) is 13.0. The smallest absolute Gasteiger partial charge is 0.323 e. The molecule has 2 aromatic carbocycles. The Morgan fingerprint density at radius 2 is 1.89 bits per heavy atom. The van der Waals surface area contributed by atoms with Crippen molar-refractivity contribution < 1.29 is 14.3 Å². The summed E-state index contributed by atoms with van der Waals surface area (Å²) < 4.78 is 11.2. The molecule has 0 saturated carbocycles. The topological polar surface area (TPSA) is 96.2 Å². The molecule has 1 amide bonds. The number of aromatic nitrogens is 2. The Bertz CT molecular complexity index is 1030. The maximum atomic E-state index is 12.6. The maximum absolute atomic E-state index is 12.6. The van der Waals surface area contributed by atoms with Crippen LogP contribution in [0.25, 0.3) is 11.0 Å². The van der Waals surface area contributed by atoms with Crippen LogP contribution in [0.1, 0.15) is 30.6 Å². The first-order valence-electron chi connectivity index (χ1n) is 8.64. The number of imidazole rings is 1. The van der Waals surface area contributed by atoms with E-state index >= 15 is 0 Å². The molecule has 0 unspecified atom stereocenters. The molecule has 3 N–H and O–H groups in total. The van der Waals surface area contributed by atoms with Crippen LogP contribution in [-0.2, 0) is 0 Å². The summed E-state index contributed by atoms with van der Waals surface area (Å²) >= 11 is 6.31. The predicted octanol–water partition coefficient (Wildman–Crippen LogP) is 3.95. The van der Waals surface area contributed by atoms with Crippen LogP contribution in [-0.4, -0.2) is 29.1 Å². The Labute approximate surface area is 160 Å². The second-order valence-electron chi connectivity index (χ2n) is 5.86. The highest BCUT2D eigenvalue weighted by molar-refractivity contribution is 6.32. The van der Waals surface area contributed by atoms with E-state index in [1.807, 2.05) is 13.8 Å². The van der Waals surface area contributed by atoms with Crippen LogP contribution < -0.4 is 20.5 Å². The molecule has 1 aromatic heterocycles. The summed E-state index contributed by atoms with van der Waals surface area (Å²) in [6, 6.07) is 8.24. The number of hydrogen-bond donors (Lipinski definition) is 3. The summed E-state index contributed by atoms with van der Waals surface area (Å²) in [5.41, 5.74) is 1.86. The predicted molar refractivity (Wildman–Crippen MR) is 105 cm³/mol. The molecule has 0 radical (unpaired) electrons. The minimum atomic E-state index is -0.350. The molecule has 0 atom stereocenters. The highest BCUT2D eigenvalue weighted by Gasteiger charge is 2.16. The third-order valence-corrected chi connectivity index (χ3v) is 4.08. The fourth-order valence-corrected chi connectivity index (χ4v) is 2.89. The normalized spacial score (nSPS) is 10.8. The number of benzene rings is 2. The highest BCUT2D eigenvalue weighted by atomic mass is 35.5. The average Bonchev–Trinajstić information content (AvgIpc) is 3.00. The van der Waals surface area contributed by atoms with Gasteiger partial charge in [0, 0.05) is 11.3 Å². The first-order valence-corrected chi connectivity index (χ1v) is 9.02. The molecule has 142 valence electrons. The second kappa shape index (κ2) is 8.18. The van der Waals surface area contributed by atoms with Gasteiger partial charge in [-0.1, -0.05) is 18.5 Å². The van der Waals surface area contributed by atoms with Crippen molar-refractivity contribution in [3.05, 3.63) is 51.4 Å². The van der Waals surface area contributed by atoms with Gasteiger partial charge in [0.05, 0.1) is 29.3 Å². The van der Waals surface area contributed by atoms with Crippen LogP contribution in [0.5, 0.6) is 11.5 Å². The van der Waals surface area contributed by atoms with E-state index in [1.54, 1.807) is 30.3 Å². The number of carbonyl (C=O) groups excluding carboxylic acids is 1. The van der Waals surface area contributed by atoms with Gasteiger partial charge in [-0.3, -0.25) is 4.79 Å². The minimum absolute atomic E-state index is 0.302. The summed E-state index contributed by atoms with van der Waals surface area (Å²) in [4.78, 5) is 29.3. The van der Waals surface area contributed by atoms with E-state index in [0.717, 1.165) is 6.42 Å². The number of amides is 1. The standard InChI is InChI=1S/C19H20ClN3O4/c1-3-7-27-17-13(20)8-11(9-16(17)26-4-2)18(24)21-12-5-6-14-15(10-12)23-19(25)22-14/h5-6,8-10H,3-4,7H2,1-2H3,(H,21,24)(H2,22,23,25). The number of carbonyl (C=O) groups is 1. The van der Waals surface area contributed by atoms with Gasteiger partial charge in [0.15, 0.2) is 11.5 Å². The Morgan fingerprint density at radius 1 is 1.11 bits per heavy atom. The van der Waals surface area contributed by atoms with Crippen molar-refractivity contribution in [1.82, 2.24) is 9.97 Å². The summed E-state index contributed by atoms with van der Waals surface area (Å²) in [7, 11) is 0. The van der Waals surface area contributed by atoms with Crippen molar-refractivity contribution in [2.45, 2.75) is 20.3 Å². The van der Waals surface area contributed by atoms with Crippen molar-refractivity contribution in [1.29, 1.82) is 0 Å². The van der Waals surface area contributed by atoms with Crippen molar-refractivity contribution >= 4 is 34.2 Å². The Morgan fingerprint density at radius 3 is 2.63 bits per heavy atom. The lowest BCUT2D eigenvalue weighted by Gasteiger charge is -2.15. The SMILES string of the molecule is CCCOc1c(Cl)cc(C(=O)Nc2ccc3[nH]c(=O)[nH]c3c2)cc1OCC. The molecule has 0 aliphatic rings. The summed E-state index contributed by atoms with van der Waals surface area (Å²) in [6.45, 7) is 4.75. The van der Waals surface area contributed by atoms with E-state index < -0.39 is 0 Å². The third-order valence-electron chi connectivity index (χ3n) is 3.80. The lowest BCUT2D eigenvalue weighted by molar-refractivity contribution is 0.102. The Hall–Kier alpha value is -2.93. The molecular weight excluding hydrogens is 370 g/mol. The molecule has 0 aliphatic heterocycles. The molecule has 0 fully saturated rings. The zero-order chi connectivity index (χ0) is 19.4. The van der Waals surface area contributed by atoms with Crippen LogP contribution in [0.15, 0.2) is 35.1 Å². The van der Waals surface area contributed by atoms with Gasteiger partial charge in [0.25, 0.3) is 5.91 Å². The average molecular weight is 390 g/mol. The highest BCUT2D eigenvalue weighted by Crippen LogP contribution is 2.37. The Balaban J connectivity index is 1.87. The number of fused-ring (bicyclic) bond motifs is 1. The number of nitrogens with one attached hydrogen (secondary N) is 3. The zero-order valence-electron chi connectivity index (χ0n) is 15.0. The molecule has 7 nitrogen and oxygen atoms in total. The molecule has 27 heavy (non-hydrogen) atoms. The van der Waals surface area contributed by atoms with Gasteiger partial charge in [-0.25, -0.2) is 4.79 Å². The first kappa shape index (κ1) is 18.8. The third kappa shape index (κ3) is 4.25. The van der Waals surface area contributed by atoms with Gasteiger partial charge in [0.2, 0.25) is 0 Å². The van der Waals surface area contributed by atoms with E-state index in [4.69, 9.17) is 21.1 Å². The van der Waals surface area contributed by atoms with E-state index in [0.29, 0.717) is 52.0 Å². The number of halogens is 1. The number of aromatic amines is 2. The number of rotatable bonds is 7. The Kier molecular flexibility index (Phi) is 5.71. The molecule has 0 saturated heterocycles. The molecule has 3 rings (SSSR count). The van der Waals surface area contributed by atoms with Crippen LogP contribution in [0, 0.1) is 0 Å². The van der Waals surface area contributed by atoms with Crippen LogP contribution in [0.4, 0.5) is 5.69 Å². The van der Waals surface area contributed by atoms with Gasteiger partial charge in [-0.15, -0.1) is 0 Å². The number of H-pyrrole nitrogens is 2. The van der Waals surface area contributed by atoms with E-state index in [2.05, 4.69) is 15.3 Å². The summed E-state index contributed by atoms with van der Waals surface area (Å²) in [5.74, 6) is 0.509. The van der Waals surface area contributed by atoms with Gasteiger partial charge in [-0.2, -0.15) is 0 Å². The van der Waals surface area contributed by atoms with E-state index in [-0.39, 0.29) is 11.6 Å². The number of anilines is 1. The lowest BCUT2D eigenvalue weighted by atomic mass is 10.1. The monoisotopic (exact) mass is 389 g/mol. The van der Waals surface area contributed by atoms with Crippen LogP contribution >= 0.6 is 11.6 Å². The van der Waals surface area contributed by atoms with Gasteiger partial charge in [-0.05, 0) is 43.7 Å². The molecule has 1 heterocycles. The van der Waals surface area contributed by atoms with Gasteiger partial charge >= 0.3 is 5.69 Å². The fourth-order valence-electron chi connectivity index (χ4n) is 2.62. The number of ether oxygens (including phenoxy) is 2. The van der Waals surface area contributed by atoms with Gasteiger partial charge < -0.3 is 24.8 Å². The van der Waals surface area contributed by atoms with Crippen LogP contribution in [0.3, 0.4) is 0 Å². The zero-order valence-corrected chi connectivity index (χ0v) is 15.8. The molecule has 3 aromatic rings. The molecule has 0 aliphatic carbocycles. The molecule has 8 heteroatoms. The van der Waals surface area contributed by atoms with Crippen molar-refractivity contribution in [2.75, 3.05) is 18.5 Å². The van der Waals surface area contributed by atoms with Crippen molar-refractivity contribution in [3.63, 3.8) is 0 Å². The largest absolute Gasteiger partial charge is 0.490 e. The quantitative estimate of drug-likeness (QED) is 0.570. The minimum Gasteiger partial charge on any atom is -0.490 e. The van der Waals surface area contributed by atoms with Crippen molar-refractivity contribution in [3.8, 4) is 11.5 Å².